The fourth-order valence-corrected chi connectivity index (χ4v) is 4.02. The van der Waals surface area contributed by atoms with Gasteiger partial charge in [0, 0.05) is 34.1 Å². The van der Waals surface area contributed by atoms with E-state index in [1.165, 1.54) is 13.8 Å². The molecule has 1 unspecified atom stereocenters. The summed E-state index contributed by atoms with van der Waals surface area (Å²) >= 11 is 5.93. The molecule has 1 N–H and O–H groups in total. The van der Waals surface area contributed by atoms with Crippen LogP contribution in [0.15, 0.2) is 42.5 Å². The average Bonchev–Trinajstić information content (AvgIpc) is 2.82. The first-order chi connectivity index (χ1) is 16.5. The van der Waals surface area contributed by atoms with Crippen molar-refractivity contribution in [3.8, 4) is 5.75 Å². The summed E-state index contributed by atoms with van der Waals surface area (Å²) in [7, 11) is 0. The summed E-state index contributed by atoms with van der Waals surface area (Å²) in [6, 6.07) is 9.38. The lowest BCUT2D eigenvalue weighted by Crippen LogP contribution is -2.32. The third-order valence-electron chi connectivity index (χ3n) is 5.97. The third kappa shape index (κ3) is 5.59. The normalized spacial score (nSPS) is 12.8. The van der Waals surface area contributed by atoms with Crippen LogP contribution in [0.1, 0.15) is 48.9 Å². The lowest BCUT2D eigenvalue weighted by Gasteiger charge is -2.33. The number of aryl methyl sites for hydroxylation is 1. The van der Waals surface area contributed by atoms with Crippen molar-refractivity contribution in [2.24, 2.45) is 0 Å². The van der Waals surface area contributed by atoms with Crippen LogP contribution in [-0.4, -0.2) is 5.91 Å². The maximum Gasteiger partial charge on any atom is 0.252 e. The van der Waals surface area contributed by atoms with Gasteiger partial charge in [-0.15, -0.1) is 0 Å². The van der Waals surface area contributed by atoms with Gasteiger partial charge in [-0.3, -0.25) is 4.79 Å². The molecule has 186 valence electrons. The first-order valence-corrected chi connectivity index (χ1v) is 11.2. The molecule has 35 heavy (non-hydrogen) atoms. The molecule has 1 amide bonds. The Morgan fingerprint density at radius 2 is 1.57 bits per heavy atom. The van der Waals surface area contributed by atoms with E-state index in [4.69, 9.17) is 16.4 Å². The first-order valence-electron chi connectivity index (χ1n) is 10.8. The molecule has 0 aliphatic carbocycles. The summed E-state index contributed by atoms with van der Waals surface area (Å²) in [5, 5.41) is 0.494. The molecular weight excluding hydrogens is 489 g/mol. The van der Waals surface area contributed by atoms with E-state index in [1.807, 2.05) is 0 Å². The molecule has 3 rings (SSSR count). The van der Waals surface area contributed by atoms with Gasteiger partial charge in [-0.2, -0.15) is 5.48 Å². The molecular formula is C26H23ClF5NO2. The first kappa shape index (κ1) is 26.5. The Bertz CT molecular complexity index is 1230. The van der Waals surface area contributed by atoms with Crippen molar-refractivity contribution in [1.82, 2.24) is 5.48 Å². The van der Waals surface area contributed by atoms with Crippen LogP contribution in [0.3, 0.4) is 0 Å². The van der Waals surface area contributed by atoms with Crippen molar-refractivity contribution < 1.29 is 31.6 Å². The molecule has 3 nitrogen and oxygen atoms in total. The second-order valence-electron chi connectivity index (χ2n) is 8.37. The Morgan fingerprint density at radius 3 is 2.14 bits per heavy atom. The largest absolute Gasteiger partial charge is 0.379 e. The van der Waals surface area contributed by atoms with Crippen molar-refractivity contribution in [2.75, 3.05) is 0 Å². The summed E-state index contributed by atoms with van der Waals surface area (Å²) < 4.78 is 73.1. The minimum absolute atomic E-state index is 0.00345. The topological polar surface area (TPSA) is 38.3 Å². The molecule has 1 atom stereocenters. The fourth-order valence-electron chi connectivity index (χ4n) is 3.89. The number of nitrogens with one attached hydrogen (secondary N) is 1. The monoisotopic (exact) mass is 511 g/mol. The molecule has 0 aliphatic rings. The quantitative estimate of drug-likeness (QED) is 0.199. The minimum atomic E-state index is -1.76. The molecule has 0 radical (unpaired) electrons. The molecule has 9 heteroatoms. The molecule has 3 aromatic carbocycles. The predicted molar refractivity (Wildman–Crippen MR) is 123 cm³/mol. The molecule has 0 saturated heterocycles. The summed E-state index contributed by atoms with van der Waals surface area (Å²) in [6.45, 7) is 4.13. The predicted octanol–water partition coefficient (Wildman–Crippen LogP) is 7.10. The second-order valence-corrected chi connectivity index (χ2v) is 8.81. The van der Waals surface area contributed by atoms with Crippen molar-refractivity contribution in [3.05, 3.63) is 98.8 Å². The number of amides is 1. The van der Waals surface area contributed by atoms with Crippen molar-refractivity contribution in [1.29, 1.82) is 0 Å². The van der Waals surface area contributed by atoms with E-state index in [1.54, 1.807) is 24.3 Å². The van der Waals surface area contributed by atoms with Crippen LogP contribution in [0, 0.1) is 36.0 Å². The van der Waals surface area contributed by atoms with E-state index in [0.717, 1.165) is 24.6 Å². The van der Waals surface area contributed by atoms with Crippen LogP contribution in [-0.2, 0) is 16.6 Å². The summed E-state index contributed by atoms with van der Waals surface area (Å²) in [5.74, 6) is -7.79. The Morgan fingerprint density at radius 1 is 0.971 bits per heavy atom. The summed E-state index contributed by atoms with van der Waals surface area (Å²) in [5.41, 5.74) is 0.301. The van der Waals surface area contributed by atoms with Crippen LogP contribution in [0.2, 0.25) is 5.02 Å². The molecule has 0 aromatic heterocycles. The molecule has 0 heterocycles. The average molecular weight is 512 g/mol. The van der Waals surface area contributed by atoms with Crippen LogP contribution >= 0.6 is 11.6 Å². The van der Waals surface area contributed by atoms with E-state index in [2.05, 4.69) is 5.48 Å². The standard InChI is InChI=1S/C26H23ClF5NO2/c1-4-20(34)33-35-25-14(2)22(30)24(32)23(31)21(25)26(3,16-11-18(28)13-19(29)12-16)10-9-15-5-7-17(27)8-6-15/h5-8,11-13H,4,9-10H2,1-3H3,(H,33,34). The van der Waals surface area contributed by atoms with Crippen LogP contribution in [0.25, 0.3) is 0 Å². The van der Waals surface area contributed by atoms with Crippen LogP contribution < -0.4 is 10.3 Å². The molecule has 0 fully saturated rings. The van der Waals surface area contributed by atoms with Crippen molar-refractivity contribution in [2.45, 2.75) is 45.4 Å². The third-order valence-corrected chi connectivity index (χ3v) is 6.22. The number of hydroxylamine groups is 1. The fraction of sp³-hybridized carbons (Fsp3) is 0.269. The minimum Gasteiger partial charge on any atom is -0.379 e. The SMILES string of the molecule is CCC(=O)NOc1c(C)c(F)c(F)c(F)c1C(C)(CCc1ccc(Cl)cc1)c1cc(F)cc(F)c1. The number of carbonyl (C=O) groups is 1. The van der Waals surface area contributed by atoms with Gasteiger partial charge in [-0.1, -0.05) is 37.6 Å². The van der Waals surface area contributed by atoms with Crippen LogP contribution in [0.5, 0.6) is 5.75 Å². The summed E-state index contributed by atoms with van der Waals surface area (Å²) in [4.78, 5) is 17.1. The summed E-state index contributed by atoms with van der Waals surface area (Å²) in [6.07, 6.45) is 0.268. The maximum atomic E-state index is 15.5. The highest BCUT2D eigenvalue weighted by Gasteiger charge is 2.39. The molecule has 3 aromatic rings. The van der Waals surface area contributed by atoms with E-state index in [0.29, 0.717) is 11.1 Å². The number of carbonyl (C=O) groups excluding carboxylic acids is 1. The number of halogens is 6. The van der Waals surface area contributed by atoms with Gasteiger partial charge in [0.15, 0.2) is 23.2 Å². The Hall–Kier alpha value is -3.13. The van der Waals surface area contributed by atoms with Gasteiger partial charge in [-0.05, 0) is 55.2 Å². The van der Waals surface area contributed by atoms with Gasteiger partial charge in [0.25, 0.3) is 5.91 Å². The van der Waals surface area contributed by atoms with E-state index in [-0.39, 0.29) is 24.8 Å². The highest BCUT2D eigenvalue weighted by Crippen LogP contribution is 2.45. The van der Waals surface area contributed by atoms with Gasteiger partial charge in [-0.25, -0.2) is 22.0 Å². The lowest BCUT2D eigenvalue weighted by molar-refractivity contribution is -0.127. The van der Waals surface area contributed by atoms with E-state index < -0.39 is 57.3 Å². The van der Waals surface area contributed by atoms with Crippen LogP contribution in [0.4, 0.5) is 22.0 Å². The van der Waals surface area contributed by atoms with Gasteiger partial charge < -0.3 is 4.84 Å². The van der Waals surface area contributed by atoms with E-state index in [9.17, 15) is 22.4 Å². The van der Waals surface area contributed by atoms with Gasteiger partial charge in [0.05, 0.1) is 0 Å². The molecule has 0 bridgehead atoms. The zero-order valence-electron chi connectivity index (χ0n) is 19.2. The maximum absolute atomic E-state index is 15.5. The number of benzene rings is 3. The number of hydrogen-bond acceptors (Lipinski definition) is 2. The zero-order valence-corrected chi connectivity index (χ0v) is 20.0. The molecule has 0 saturated carbocycles. The van der Waals surface area contributed by atoms with Crippen molar-refractivity contribution in [3.63, 3.8) is 0 Å². The Kier molecular flexibility index (Phi) is 8.05. The zero-order chi connectivity index (χ0) is 25.9. The number of rotatable bonds is 8. The lowest BCUT2D eigenvalue weighted by atomic mass is 9.71. The smallest absolute Gasteiger partial charge is 0.252 e. The second kappa shape index (κ2) is 10.6. The van der Waals surface area contributed by atoms with E-state index >= 15 is 4.39 Å². The Balaban J connectivity index is 2.25. The highest BCUT2D eigenvalue weighted by molar-refractivity contribution is 6.30. The van der Waals surface area contributed by atoms with Gasteiger partial charge in [0.2, 0.25) is 0 Å². The van der Waals surface area contributed by atoms with Gasteiger partial charge in [0.1, 0.15) is 11.6 Å². The molecule has 0 spiro atoms. The Labute approximate surface area is 204 Å². The molecule has 0 aliphatic heterocycles. The highest BCUT2D eigenvalue weighted by atomic mass is 35.5. The van der Waals surface area contributed by atoms with Gasteiger partial charge >= 0.3 is 0 Å². The van der Waals surface area contributed by atoms with Crippen molar-refractivity contribution >= 4 is 17.5 Å². The number of hydrogen-bond donors (Lipinski definition) is 1.